The molecule has 3 heteroatoms. The Morgan fingerprint density at radius 2 is 2.00 bits per heavy atom. The highest BCUT2D eigenvalue weighted by Crippen LogP contribution is 2.28. The zero-order chi connectivity index (χ0) is 14.1. The highest BCUT2D eigenvalue weighted by molar-refractivity contribution is 6.31. The number of hydrogen-bond acceptors (Lipinski definition) is 2. The Bertz CT molecular complexity index is 624. The average molecular weight is 289 g/mol. The van der Waals surface area contributed by atoms with Gasteiger partial charge in [0.05, 0.1) is 5.52 Å². The van der Waals surface area contributed by atoms with Gasteiger partial charge in [-0.15, -0.1) is 0 Å². The number of anilines is 1. The molecule has 0 amide bonds. The predicted molar refractivity (Wildman–Crippen MR) is 86.5 cm³/mol. The molecule has 0 bridgehead atoms. The van der Waals surface area contributed by atoms with Crippen LogP contribution in [-0.2, 0) is 0 Å². The first-order chi connectivity index (χ1) is 9.63. The Morgan fingerprint density at radius 1 is 1.20 bits per heavy atom. The monoisotopic (exact) mass is 288 g/mol. The predicted octanol–water partition coefficient (Wildman–Crippen LogP) is 5.19. The molecule has 1 fully saturated rings. The third kappa shape index (κ3) is 2.76. The van der Waals surface area contributed by atoms with Gasteiger partial charge in [0.15, 0.2) is 0 Å². The van der Waals surface area contributed by atoms with E-state index in [1.807, 2.05) is 18.2 Å². The molecule has 0 aliphatic heterocycles. The quantitative estimate of drug-likeness (QED) is 0.823. The fraction of sp³-hybridized carbons (Fsp3) is 0.471. The van der Waals surface area contributed by atoms with E-state index in [1.54, 1.807) is 0 Å². The van der Waals surface area contributed by atoms with Crippen molar-refractivity contribution in [3.8, 4) is 0 Å². The van der Waals surface area contributed by atoms with Crippen molar-refractivity contribution in [1.82, 2.24) is 4.98 Å². The number of hydrogen-bond donors (Lipinski definition) is 1. The lowest BCUT2D eigenvalue weighted by molar-refractivity contribution is 0.349. The molecule has 1 aliphatic rings. The minimum Gasteiger partial charge on any atom is -0.367 e. The molecule has 0 radical (unpaired) electrons. The van der Waals surface area contributed by atoms with E-state index in [1.165, 1.54) is 36.6 Å². The molecule has 2 nitrogen and oxygen atoms in total. The Morgan fingerprint density at radius 3 is 2.80 bits per heavy atom. The van der Waals surface area contributed by atoms with Gasteiger partial charge in [-0.05, 0) is 49.4 Å². The van der Waals surface area contributed by atoms with E-state index in [2.05, 4.69) is 25.2 Å². The Labute approximate surface area is 125 Å². The summed E-state index contributed by atoms with van der Waals surface area (Å²) in [7, 11) is 0. The number of aromatic nitrogens is 1. The molecule has 2 aromatic rings. The molecule has 0 spiro atoms. The molecule has 20 heavy (non-hydrogen) atoms. The van der Waals surface area contributed by atoms with Gasteiger partial charge in [-0.3, -0.25) is 0 Å². The lowest BCUT2D eigenvalue weighted by Crippen LogP contribution is -2.30. The van der Waals surface area contributed by atoms with Crippen molar-refractivity contribution in [2.24, 2.45) is 5.92 Å². The largest absolute Gasteiger partial charge is 0.367 e. The SMILES string of the molecule is Cc1cc(NC2CCCCC2C)nc2cc(Cl)ccc12. The number of nitrogens with one attached hydrogen (secondary N) is 1. The van der Waals surface area contributed by atoms with Gasteiger partial charge < -0.3 is 5.32 Å². The Balaban J connectivity index is 1.91. The van der Waals surface area contributed by atoms with E-state index in [-0.39, 0.29) is 0 Å². The molecular formula is C17H21ClN2. The smallest absolute Gasteiger partial charge is 0.127 e. The summed E-state index contributed by atoms with van der Waals surface area (Å²) < 4.78 is 0. The number of nitrogens with zero attached hydrogens (tertiary/aromatic N) is 1. The maximum absolute atomic E-state index is 6.08. The molecule has 2 atom stereocenters. The van der Waals surface area contributed by atoms with E-state index in [0.717, 1.165) is 22.3 Å². The number of pyridine rings is 1. The Hall–Kier alpha value is -1.28. The van der Waals surface area contributed by atoms with Crippen molar-refractivity contribution in [2.45, 2.75) is 45.6 Å². The highest BCUT2D eigenvalue weighted by atomic mass is 35.5. The standard InChI is InChI=1S/C17H21ClN2/c1-11-5-3-4-6-15(11)19-17-9-12(2)14-8-7-13(18)10-16(14)20-17/h7-11,15H,3-6H2,1-2H3,(H,19,20). The van der Waals surface area contributed by atoms with Crippen molar-refractivity contribution in [3.05, 3.63) is 34.9 Å². The van der Waals surface area contributed by atoms with Gasteiger partial charge in [0.1, 0.15) is 5.82 Å². The van der Waals surface area contributed by atoms with Gasteiger partial charge in [0, 0.05) is 16.5 Å². The van der Waals surface area contributed by atoms with Gasteiger partial charge in [0.25, 0.3) is 0 Å². The third-order valence-electron chi connectivity index (χ3n) is 4.42. The normalized spacial score (nSPS) is 22.9. The number of fused-ring (bicyclic) bond motifs is 1. The fourth-order valence-corrected chi connectivity index (χ4v) is 3.34. The molecule has 1 aromatic heterocycles. The number of benzene rings is 1. The van der Waals surface area contributed by atoms with Crippen LogP contribution in [0.25, 0.3) is 10.9 Å². The second-order valence-electron chi connectivity index (χ2n) is 6.00. The molecule has 1 aliphatic carbocycles. The maximum atomic E-state index is 6.08. The minimum atomic E-state index is 0.548. The first-order valence-electron chi connectivity index (χ1n) is 7.47. The Kier molecular flexibility index (Phi) is 3.84. The summed E-state index contributed by atoms with van der Waals surface area (Å²) in [4.78, 5) is 4.73. The molecular weight excluding hydrogens is 268 g/mol. The van der Waals surface area contributed by atoms with Crippen molar-refractivity contribution >= 4 is 28.3 Å². The molecule has 0 saturated heterocycles. The second kappa shape index (κ2) is 5.61. The molecule has 1 heterocycles. The molecule has 1 N–H and O–H groups in total. The van der Waals surface area contributed by atoms with Gasteiger partial charge in [-0.25, -0.2) is 4.98 Å². The fourth-order valence-electron chi connectivity index (χ4n) is 3.17. The number of halogens is 1. The van der Waals surface area contributed by atoms with E-state index in [0.29, 0.717) is 6.04 Å². The topological polar surface area (TPSA) is 24.9 Å². The zero-order valence-corrected chi connectivity index (χ0v) is 12.9. The summed E-state index contributed by atoms with van der Waals surface area (Å²) in [5.74, 6) is 1.71. The van der Waals surface area contributed by atoms with Crippen LogP contribution in [-0.4, -0.2) is 11.0 Å². The number of aryl methyl sites for hydroxylation is 1. The average Bonchev–Trinajstić information content (AvgIpc) is 2.41. The van der Waals surface area contributed by atoms with E-state index >= 15 is 0 Å². The lowest BCUT2D eigenvalue weighted by atomic mass is 9.86. The van der Waals surface area contributed by atoms with Crippen LogP contribution in [0.3, 0.4) is 0 Å². The van der Waals surface area contributed by atoms with Crippen molar-refractivity contribution in [3.63, 3.8) is 0 Å². The molecule has 2 unspecified atom stereocenters. The first kappa shape index (κ1) is 13.7. The van der Waals surface area contributed by atoms with Crippen molar-refractivity contribution < 1.29 is 0 Å². The van der Waals surface area contributed by atoms with E-state index < -0.39 is 0 Å². The van der Waals surface area contributed by atoms with Crippen molar-refractivity contribution in [2.75, 3.05) is 5.32 Å². The summed E-state index contributed by atoms with van der Waals surface area (Å²) in [6, 6.07) is 8.62. The highest BCUT2D eigenvalue weighted by Gasteiger charge is 2.21. The van der Waals surface area contributed by atoms with Gasteiger partial charge in [-0.2, -0.15) is 0 Å². The van der Waals surface area contributed by atoms with Crippen LogP contribution in [0.2, 0.25) is 5.02 Å². The van der Waals surface area contributed by atoms with Gasteiger partial charge in [-0.1, -0.05) is 37.4 Å². The summed E-state index contributed by atoms with van der Waals surface area (Å²) in [6.45, 7) is 4.47. The number of rotatable bonds is 2. The summed E-state index contributed by atoms with van der Waals surface area (Å²) >= 11 is 6.08. The van der Waals surface area contributed by atoms with Crippen LogP contribution in [0, 0.1) is 12.8 Å². The minimum absolute atomic E-state index is 0.548. The zero-order valence-electron chi connectivity index (χ0n) is 12.1. The summed E-state index contributed by atoms with van der Waals surface area (Å²) in [5.41, 5.74) is 2.22. The van der Waals surface area contributed by atoms with Gasteiger partial charge in [0.2, 0.25) is 0 Å². The van der Waals surface area contributed by atoms with Crippen LogP contribution in [0.4, 0.5) is 5.82 Å². The summed E-state index contributed by atoms with van der Waals surface area (Å²) in [6.07, 6.45) is 5.24. The molecule has 1 aromatic carbocycles. The van der Waals surface area contributed by atoms with Crippen LogP contribution in [0.5, 0.6) is 0 Å². The van der Waals surface area contributed by atoms with Crippen LogP contribution >= 0.6 is 11.6 Å². The first-order valence-corrected chi connectivity index (χ1v) is 7.85. The molecule has 106 valence electrons. The second-order valence-corrected chi connectivity index (χ2v) is 6.43. The maximum Gasteiger partial charge on any atom is 0.127 e. The van der Waals surface area contributed by atoms with Crippen LogP contribution < -0.4 is 5.32 Å². The third-order valence-corrected chi connectivity index (χ3v) is 4.66. The van der Waals surface area contributed by atoms with Crippen molar-refractivity contribution in [1.29, 1.82) is 0 Å². The van der Waals surface area contributed by atoms with Crippen LogP contribution in [0.15, 0.2) is 24.3 Å². The summed E-state index contributed by atoms with van der Waals surface area (Å²) in [5, 5.41) is 5.55. The van der Waals surface area contributed by atoms with Gasteiger partial charge >= 0.3 is 0 Å². The van der Waals surface area contributed by atoms with Crippen LogP contribution in [0.1, 0.15) is 38.2 Å². The lowest BCUT2D eigenvalue weighted by Gasteiger charge is -2.30. The molecule has 1 saturated carbocycles. The van der Waals surface area contributed by atoms with E-state index in [4.69, 9.17) is 16.6 Å². The van der Waals surface area contributed by atoms with E-state index in [9.17, 15) is 0 Å². The molecule has 3 rings (SSSR count).